The van der Waals surface area contributed by atoms with Gasteiger partial charge in [-0.05, 0) is 13.0 Å². The molecule has 0 saturated carbocycles. The first-order valence-corrected chi connectivity index (χ1v) is 10.0. The van der Waals surface area contributed by atoms with Gasteiger partial charge in [0.25, 0.3) is 0 Å². The van der Waals surface area contributed by atoms with Crippen LogP contribution in [0.1, 0.15) is 11.3 Å². The van der Waals surface area contributed by atoms with Gasteiger partial charge in [0.2, 0.25) is 5.91 Å². The molecule has 0 radical (unpaired) electrons. The van der Waals surface area contributed by atoms with Gasteiger partial charge in [-0.2, -0.15) is 0 Å². The van der Waals surface area contributed by atoms with Crippen LogP contribution in [-0.4, -0.2) is 25.8 Å². The summed E-state index contributed by atoms with van der Waals surface area (Å²) < 4.78 is 7.18. The highest BCUT2D eigenvalue weighted by Gasteiger charge is 2.17. The van der Waals surface area contributed by atoms with Crippen LogP contribution >= 0.6 is 11.8 Å². The van der Waals surface area contributed by atoms with Crippen LogP contribution in [0, 0.1) is 6.92 Å². The van der Waals surface area contributed by atoms with Crippen LogP contribution in [0.5, 0.6) is 0 Å². The van der Waals surface area contributed by atoms with Gasteiger partial charge >= 0.3 is 0 Å². The van der Waals surface area contributed by atoms with Crippen molar-refractivity contribution in [3.63, 3.8) is 0 Å². The Labute approximate surface area is 171 Å². The molecule has 146 valence electrons. The summed E-state index contributed by atoms with van der Waals surface area (Å²) in [7, 11) is 0. The Morgan fingerprint density at radius 1 is 1.07 bits per heavy atom. The number of rotatable bonds is 7. The lowest BCUT2D eigenvalue weighted by Crippen LogP contribution is -2.20. The molecule has 0 aliphatic rings. The number of carbonyl (C=O) groups is 1. The second kappa shape index (κ2) is 8.32. The summed E-state index contributed by atoms with van der Waals surface area (Å²) in [5.74, 6) is 1.40. The van der Waals surface area contributed by atoms with Crippen molar-refractivity contribution in [2.24, 2.45) is 5.73 Å². The lowest BCUT2D eigenvalue weighted by molar-refractivity contribution is -0.118. The number of aromatic nitrogens is 4. The molecule has 0 saturated heterocycles. The zero-order valence-electron chi connectivity index (χ0n) is 15.8. The van der Waals surface area contributed by atoms with E-state index in [2.05, 4.69) is 15.4 Å². The number of amides is 1. The van der Waals surface area contributed by atoms with Crippen molar-refractivity contribution in [1.82, 2.24) is 19.9 Å². The minimum Gasteiger partial charge on any atom is -0.368 e. The maximum Gasteiger partial charge on any atom is 0.237 e. The van der Waals surface area contributed by atoms with E-state index in [9.17, 15) is 4.79 Å². The third kappa shape index (κ3) is 4.38. The Balaban J connectivity index is 1.56. The van der Waals surface area contributed by atoms with Crippen LogP contribution in [-0.2, 0) is 17.1 Å². The summed E-state index contributed by atoms with van der Waals surface area (Å²) in [6.45, 7) is 2.01. The van der Waals surface area contributed by atoms with Crippen LogP contribution in [0.15, 0.2) is 70.3 Å². The normalized spacial score (nSPS) is 10.9. The molecule has 0 spiro atoms. The molecular formula is C21H19N5O2S. The largest absolute Gasteiger partial charge is 0.368 e. The molecule has 0 aliphatic carbocycles. The van der Waals surface area contributed by atoms with Gasteiger partial charge < -0.3 is 10.3 Å². The molecule has 8 heteroatoms. The fourth-order valence-electron chi connectivity index (χ4n) is 2.95. The molecule has 29 heavy (non-hydrogen) atoms. The molecule has 2 aromatic heterocycles. The number of hydrogen-bond acceptors (Lipinski definition) is 6. The van der Waals surface area contributed by atoms with Crippen LogP contribution in [0.3, 0.4) is 0 Å². The Bertz CT molecular complexity index is 1140. The van der Waals surface area contributed by atoms with Crippen LogP contribution in [0.4, 0.5) is 0 Å². The fourth-order valence-corrected chi connectivity index (χ4v) is 3.77. The molecule has 2 heterocycles. The van der Waals surface area contributed by atoms with Crippen molar-refractivity contribution < 1.29 is 9.32 Å². The van der Waals surface area contributed by atoms with E-state index >= 15 is 0 Å². The maximum absolute atomic E-state index is 11.6. The predicted molar refractivity (Wildman–Crippen MR) is 111 cm³/mol. The Morgan fingerprint density at radius 3 is 2.62 bits per heavy atom. The second-order valence-electron chi connectivity index (χ2n) is 6.57. The Hall–Kier alpha value is -3.39. The summed E-state index contributed by atoms with van der Waals surface area (Å²) in [6.07, 6.45) is 0. The van der Waals surface area contributed by atoms with Gasteiger partial charge in [-0.3, -0.25) is 9.36 Å². The number of thioether (sulfide) groups is 1. The smallest absolute Gasteiger partial charge is 0.237 e. The molecule has 1 amide bonds. The van der Waals surface area contributed by atoms with Gasteiger partial charge in [-0.15, -0.1) is 10.2 Å². The summed E-state index contributed by atoms with van der Waals surface area (Å²) in [6, 6.07) is 19.6. The average Bonchev–Trinajstić information content (AvgIpc) is 3.34. The highest BCUT2D eigenvalue weighted by molar-refractivity contribution is 7.98. The first-order valence-electron chi connectivity index (χ1n) is 9.02. The summed E-state index contributed by atoms with van der Waals surface area (Å²) in [4.78, 5) is 11.6. The number of nitrogens with zero attached hydrogens (tertiary/aromatic N) is 4. The number of nitrogens with two attached hydrogens (primary N) is 1. The molecule has 0 atom stereocenters. The van der Waals surface area contributed by atoms with Crippen molar-refractivity contribution in [3.8, 4) is 22.7 Å². The second-order valence-corrected chi connectivity index (χ2v) is 7.51. The monoisotopic (exact) mass is 405 g/mol. The third-order valence-electron chi connectivity index (χ3n) is 4.27. The zero-order chi connectivity index (χ0) is 20.2. The third-order valence-corrected chi connectivity index (χ3v) is 5.27. The summed E-state index contributed by atoms with van der Waals surface area (Å²) in [5, 5.41) is 13.3. The summed E-state index contributed by atoms with van der Waals surface area (Å²) >= 11 is 1.43. The Morgan fingerprint density at radius 2 is 1.86 bits per heavy atom. The van der Waals surface area contributed by atoms with Gasteiger partial charge in [0, 0.05) is 22.9 Å². The van der Waals surface area contributed by atoms with Gasteiger partial charge in [0.1, 0.15) is 6.54 Å². The van der Waals surface area contributed by atoms with E-state index in [4.69, 9.17) is 10.3 Å². The first-order chi connectivity index (χ1) is 14.1. The van der Waals surface area contributed by atoms with Gasteiger partial charge in [-0.25, -0.2) is 0 Å². The van der Waals surface area contributed by atoms with E-state index in [0.29, 0.717) is 22.5 Å². The lowest BCUT2D eigenvalue weighted by Gasteiger charge is -2.08. The van der Waals surface area contributed by atoms with E-state index in [1.165, 1.54) is 11.8 Å². The lowest BCUT2D eigenvalue weighted by atomic mass is 10.1. The predicted octanol–water partition coefficient (Wildman–Crippen LogP) is 3.69. The van der Waals surface area contributed by atoms with Crippen LogP contribution in [0.2, 0.25) is 0 Å². The summed E-state index contributed by atoms with van der Waals surface area (Å²) in [5.41, 5.74) is 9.18. The van der Waals surface area contributed by atoms with E-state index < -0.39 is 5.91 Å². The van der Waals surface area contributed by atoms with E-state index in [1.54, 1.807) is 4.57 Å². The van der Waals surface area contributed by atoms with Gasteiger partial charge in [-0.1, -0.05) is 71.0 Å². The minimum atomic E-state index is -0.451. The van der Waals surface area contributed by atoms with Gasteiger partial charge in [0.05, 0.1) is 5.69 Å². The Kier molecular flexibility index (Phi) is 5.44. The van der Waals surface area contributed by atoms with Crippen LogP contribution < -0.4 is 5.73 Å². The van der Waals surface area contributed by atoms with E-state index in [1.807, 2.05) is 67.6 Å². The average molecular weight is 405 g/mol. The van der Waals surface area contributed by atoms with Crippen molar-refractivity contribution in [1.29, 1.82) is 0 Å². The molecule has 2 N–H and O–H groups in total. The quantitative estimate of drug-likeness (QED) is 0.471. The molecule has 7 nitrogen and oxygen atoms in total. The molecule has 0 aliphatic heterocycles. The van der Waals surface area contributed by atoms with Crippen molar-refractivity contribution in [2.45, 2.75) is 24.4 Å². The molecule has 4 rings (SSSR count). The highest BCUT2D eigenvalue weighted by Crippen LogP contribution is 2.28. The van der Waals surface area contributed by atoms with Crippen molar-refractivity contribution in [2.75, 3.05) is 0 Å². The topological polar surface area (TPSA) is 99.8 Å². The molecular weight excluding hydrogens is 386 g/mol. The standard InChI is InChI=1S/C21H19N5O2S/c1-14-6-5-9-16(10-14)20-23-24-21(26(20)12-19(22)27)29-13-17-11-18(28-25-17)15-7-3-2-4-8-15/h2-11H,12-13H2,1H3,(H2,22,27). The minimum absolute atomic E-state index is 0.00664. The van der Waals surface area contributed by atoms with Crippen molar-refractivity contribution in [3.05, 3.63) is 71.9 Å². The SMILES string of the molecule is Cc1cccc(-c2nnc(SCc3cc(-c4ccccc4)on3)n2CC(N)=O)c1. The zero-order valence-corrected chi connectivity index (χ0v) is 16.6. The number of hydrogen-bond donors (Lipinski definition) is 1. The molecule has 2 aromatic carbocycles. The van der Waals surface area contributed by atoms with E-state index in [-0.39, 0.29) is 6.54 Å². The van der Waals surface area contributed by atoms with Gasteiger partial charge in [0.15, 0.2) is 16.7 Å². The molecule has 4 aromatic rings. The van der Waals surface area contributed by atoms with E-state index in [0.717, 1.165) is 22.4 Å². The number of primary amides is 1. The fraction of sp³-hybridized carbons (Fsp3) is 0.143. The molecule has 0 fully saturated rings. The van der Waals surface area contributed by atoms with Crippen molar-refractivity contribution >= 4 is 17.7 Å². The van der Waals surface area contributed by atoms with Crippen LogP contribution in [0.25, 0.3) is 22.7 Å². The first kappa shape index (κ1) is 18.9. The molecule has 0 bridgehead atoms. The number of benzene rings is 2. The highest BCUT2D eigenvalue weighted by atomic mass is 32.2. The number of carbonyl (C=O) groups excluding carboxylic acids is 1. The molecule has 0 unspecified atom stereocenters. The maximum atomic E-state index is 11.6. The number of aryl methyl sites for hydroxylation is 1.